The Morgan fingerprint density at radius 2 is 1.57 bits per heavy atom. The van der Waals surface area contributed by atoms with Crippen molar-refractivity contribution in [1.29, 1.82) is 0 Å². The second kappa shape index (κ2) is 21.4. The van der Waals surface area contributed by atoms with Crippen molar-refractivity contribution >= 4 is 33.3 Å². The number of benzene rings is 4. The standard InChI is InChI=1S/C56H71ClN2O9S/c1-37(38(2)69(61,62)59(32-39-11-18-47(64-7)19-12-39)33-40-13-20-48(65-8)21-14-40)44-28-45(29-44)53(66-27-26-63-6)49-22-15-43(49)34-58-35-56(25-9-10-41-30-46(57)17-23-50(41)56)36-67-52-24-16-42(31-51(52)58)54(60)68-55(3,4)5/h11-14,16-21,23-24,28,30-31,37-38,43-44,49,53H,9-10,15,22,25-27,29,32-36H2,1-8H3/t37-,38-,43+,44?,49-,53+,56+/m1/s1. The highest BCUT2D eigenvalue weighted by atomic mass is 35.5. The first-order valence-corrected chi connectivity index (χ1v) is 26.5. The average Bonchev–Trinajstić information content (AvgIpc) is 3.45. The molecular weight excluding hydrogens is 912 g/mol. The molecule has 4 aliphatic rings. The summed E-state index contributed by atoms with van der Waals surface area (Å²) in [5.74, 6) is 2.29. The summed E-state index contributed by atoms with van der Waals surface area (Å²) in [5.41, 5.74) is 6.05. The van der Waals surface area contributed by atoms with Gasteiger partial charge in [0.2, 0.25) is 10.0 Å². The lowest BCUT2D eigenvalue weighted by atomic mass is 9.64. The van der Waals surface area contributed by atoms with Crippen LogP contribution in [0.25, 0.3) is 0 Å². The molecule has 0 bridgehead atoms. The van der Waals surface area contributed by atoms with E-state index in [-0.39, 0.29) is 48.3 Å². The number of nitrogens with zero attached hydrogens (tertiary/aromatic N) is 2. The van der Waals surface area contributed by atoms with Crippen LogP contribution in [0.4, 0.5) is 5.69 Å². The molecule has 69 heavy (non-hydrogen) atoms. The van der Waals surface area contributed by atoms with Gasteiger partial charge in [-0.25, -0.2) is 13.2 Å². The molecule has 13 heteroatoms. The number of halogens is 1. The van der Waals surface area contributed by atoms with E-state index >= 15 is 0 Å². The maximum atomic E-state index is 14.8. The molecule has 4 aromatic carbocycles. The van der Waals surface area contributed by atoms with Gasteiger partial charge in [0.25, 0.3) is 0 Å². The predicted molar refractivity (Wildman–Crippen MR) is 272 cm³/mol. The minimum Gasteiger partial charge on any atom is -0.497 e. The molecule has 11 nitrogen and oxygen atoms in total. The summed E-state index contributed by atoms with van der Waals surface area (Å²) in [6.07, 6.45) is 7.96. The number of rotatable bonds is 19. The monoisotopic (exact) mass is 982 g/mol. The lowest BCUT2D eigenvalue weighted by Crippen LogP contribution is -2.50. The summed E-state index contributed by atoms with van der Waals surface area (Å²) in [7, 11) is 1.16. The quantitative estimate of drug-likeness (QED) is 0.0511. The van der Waals surface area contributed by atoms with E-state index in [1.165, 1.54) is 16.7 Å². The SMILES string of the molecule is COCCO[C@@H](C1=CC([C@H](C)[C@@H](C)S(=O)(=O)N(Cc2ccc(OC)cc2)Cc2ccc(OC)cc2)C1)[C@@H]1CC[C@H]1CN1C[C@@]2(CCCc3cc(Cl)ccc32)COc2ccc(C(=O)OC(C)(C)C)cc21. The molecule has 0 aromatic heterocycles. The van der Waals surface area contributed by atoms with E-state index in [1.807, 2.05) is 100 Å². The van der Waals surface area contributed by atoms with Crippen molar-refractivity contribution in [2.75, 3.05) is 59.1 Å². The Morgan fingerprint density at radius 1 is 0.899 bits per heavy atom. The molecular formula is C56H71ClN2O9S. The molecule has 3 aliphatic carbocycles. The number of allylic oxidation sites excluding steroid dienone is 1. The second-order valence-electron chi connectivity index (χ2n) is 20.8. The first kappa shape index (κ1) is 50.8. The Morgan fingerprint density at radius 3 is 2.16 bits per heavy atom. The highest BCUT2D eigenvalue weighted by Gasteiger charge is 2.47. The predicted octanol–water partition coefficient (Wildman–Crippen LogP) is 10.8. The number of esters is 1. The number of aryl methyl sites for hydroxylation is 1. The van der Waals surface area contributed by atoms with Crippen LogP contribution in [0.15, 0.2) is 96.6 Å². The number of sulfonamides is 1. The van der Waals surface area contributed by atoms with E-state index < -0.39 is 20.9 Å². The van der Waals surface area contributed by atoms with Crippen molar-refractivity contribution in [3.05, 3.63) is 129 Å². The Balaban J connectivity index is 1.04. The minimum absolute atomic E-state index is 0.0706. The number of ether oxygens (including phenoxy) is 6. The summed E-state index contributed by atoms with van der Waals surface area (Å²) in [6.45, 7) is 13.0. The highest BCUT2D eigenvalue weighted by Crippen LogP contribution is 2.50. The molecule has 7 atom stereocenters. The first-order chi connectivity index (χ1) is 33.0. The number of carbonyl (C=O) groups excluding carboxylic acids is 1. The van der Waals surface area contributed by atoms with E-state index in [0.717, 1.165) is 90.7 Å². The zero-order valence-corrected chi connectivity index (χ0v) is 43.2. The van der Waals surface area contributed by atoms with Crippen molar-refractivity contribution in [3.8, 4) is 17.2 Å². The van der Waals surface area contributed by atoms with Crippen LogP contribution in [-0.2, 0) is 49.2 Å². The number of anilines is 1. The Kier molecular flexibility index (Phi) is 15.8. The van der Waals surface area contributed by atoms with Gasteiger partial charge in [-0.1, -0.05) is 54.9 Å². The van der Waals surface area contributed by atoms with Gasteiger partial charge in [-0.05, 0) is 172 Å². The highest BCUT2D eigenvalue weighted by molar-refractivity contribution is 7.89. The molecule has 0 saturated heterocycles. The third-order valence-corrected chi connectivity index (χ3v) is 17.7. The van der Waals surface area contributed by atoms with Gasteiger partial charge in [0.05, 0.1) is 56.6 Å². The molecule has 0 N–H and O–H groups in total. The lowest BCUT2D eigenvalue weighted by Gasteiger charge is -2.48. The van der Waals surface area contributed by atoms with Crippen molar-refractivity contribution in [2.45, 2.75) is 109 Å². The van der Waals surface area contributed by atoms with Gasteiger partial charge in [-0.3, -0.25) is 0 Å². The number of fused-ring (bicyclic) bond motifs is 3. The van der Waals surface area contributed by atoms with Gasteiger partial charge in [0.15, 0.2) is 0 Å². The molecule has 372 valence electrons. The van der Waals surface area contributed by atoms with Gasteiger partial charge < -0.3 is 33.3 Å². The minimum atomic E-state index is -3.77. The second-order valence-corrected chi connectivity index (χ2v) is 23.5. The molecule has 1 aliphatic heterocycles. The third kappa shape index (κ3) is 11.5. The van der Waals surface area contributed by atoms with Crippen LogP contribution >= 0.6 is 11.6 Å². The number of carbonyl (C=O) groups is 1. The number of hydrogen-bond donors (Lipinski definition) is 0. The maximum absolute atomic E-state index is 14.8. The van der Waals surface area contributed by atoms with Crippen LogP contribution in [0, 0.1) is 23.7 Å². The van der Waals surface area contributed by atoms with Crippen molar-refractivity contribution in [1.82, 2.24) is 4.31 Å². The Hall–Kier alpha value is -4.59. The van der Waals surface area contributed by atoms with Crippen LogP contribution in [0.1, 0.15) is 99.3 Å². The molecule has 1 fully saturated rings. The molecule has 4 aromatic rings. The number of methoxy groups -OCH3 is 3. The Labute approximate surface area is 415 Å². The van der Waals surface area contributed by atoms with E-state index in [4.69, 9.17) is 40.0 Å². The average molecular weight is 984 g/mol. The molecule has 1 spiro atoms. The van der Waals surface area contributed by atoms with Gasteiger partial charge in [-0.15, -0.1) is 0 Å². The zero-order valence-electron chi connectivity index (χ0n) is 41.7. The summed E-state index contributed by atoms with van der Waals surface area (Å²) in [5, 5.41) is 0.0963. The normalized spacial score (nSPS) is 22.4. The smallest absolute Gasteiger partial charge is 0.338 e. The molecule has 0 amide bonds. The van der Waals surface area contributed by atoms with E-state index in [0.29, 0.717) is 31.3 Å². The van der Waals surface area contributed by atoms with Crippen LogP contribution in [0.3, 0.4) is 0 Å². The van der Waals surface area contributed by atoms with Gasteiger partial charge in [-0.2, -0.15) is 4.31 Å². The fourth-order valence-corrected chi connectivity index (χ4v) is 12.9. The van der Waals surface area contributed by atoms with E-state index in [2.05, 4.69) is 30.0 Å². The summed E-state index contributed by atoms with van der Waals surface area (Å²) < 4.78 is 66.8. The van der Waals surface area contributed by atoms with E-state index in [1.54, 1.807) is 25.6 Å². The molecule has 1 saturated carbocycles. The van der Waals surface area contributed by atoms with E-state index in [9.17, 15) is 13.2 Å². The molecule has 8 rings (SSSR count). The summed E-state index contributed by atoms with van der Waals surface area (Å²) in [4.78, 5) is 16.0. The topological polar surface area (TPSA) is 113 Å². The first-order valence-electron chi connectivity index (χ1n) is 24.6. The largest absolute Gasteiger partial charge is 0.497 e. The third-order valence-electron chi connectivity index (χ3n) is 15.1. The maximum Gasteiger partial charge on any atom is 0.338 e. The van der Waals surface area contributed by atoms with Crippen LogP contribution in [0.2, 0.25) is 5.02 Å². The van der Waals surface area contributed by atoms with Gasteiger partial charge in [0, 0.05) is 43.7 Å². The lowest BCUT2D eigenvalue weighted by molar-refractivity contribution is -0.0418. The summed E-state index contributed by atoms with van der Waals surface area (Å²) >= 11 is 6.56. The van der Waals surface area contributed by atoms with Gasteiger partial charge >= 0.3 is 5.97 Å². The van der Waals surface area contributed by atoms with Gasteiger partial charge in [0.1, 0.15) is 22.8 Å². The zero-order chi connectivity index (χ0) is 49.1. The summed E-state index contributed by atoms with van der Waals surface area (Å²) in [6, 6.07) is 27.2. The number of hydrogen-bond acceptors (Lipinski definition) is 10. The van der Waals surface area contributed by atoms with Crippen molar-refractivity contribution < 1.29 is 41.6 Å². The Bertz CT molecular complexity index is 2510. The fourth-order valence-electron chi connectivity index (χ4n) is 10.9. The van der Waals surface area contributed by atoms with Crippen molar-refractivity contribution in [3.63, 3.8) is 0 Å². The molecule has 0 radical (unpaired) electrons. The van der Waals surface area contributed by atoms with Crippen molar-refractivity contribution in [2.24, 2.45) is 23.7 Å². The van der Waals surface area contributed by atoms with Crippen LogP contribution in [0.5, 0.6) is 17.2 Å². The molecule has 1 heterocycles. The van der Waals surface area contributed by atoms with Crippen LogP contribution < -0.4 is 19.1 Å². The molecule has 1 unspecified atom stereocenters. The van der Waals surface area contributed by atoms with Crippen LogP contribution in [-0.4, -0.2) is 89.9 Å². The fraction of sp³-hybridized carbons (Fsp3) is 0.518.